The molecule has 0 aliphatic carbocycles. The summed E-state index contributed by atoms with van der Waals surface area (Å²) in [6, 6.07) is 5.73. The minimum atomic E-state index is 0.0288. The smallest absolute Gasteiger partial charge is 0.165 e. The van der Waals surface area contributed by atoms with Gasteiger partial charge in [-0.05, 0) is 6.07 Å². The van der Waals surface area contributed by atoms with E-state index in [2.05, 4.69) is 0 Å². The van der Waals surface area contributed by atoms with Crippen molar-refractivity contribution in [3.63, 3.8) is 0 Å². The summed E-state index contributed by atoms with van der Waals surface area (Å²) in [4.78, 5) is 0. The van der Waals surface area contributed by atoms with Crippen LogP contribution in [0.15, 0.2) is 18.2 Å². The van der Waals surface area contributed by atoms with Crippen LogP contribution < -0.4 is 9.47 Å². The Balaban J connectivity index is 2.28. The Morgan fingerprint density at radius 3 is 2.76 bits per heavy atom. The van der Waals surface area contributed by atoms with Gasteiger partial charge in [0.2, 0.25) is 0 Å². The van der Waals surface area contributed by atoms with Crippen LogP contribution in [0.1, 0.15) is 18.4 Å². The summed E-state index contributed by atoms with van der Waals surface area (Å²) >= 11 is 0. The minimum absolute atomic E-state index is 0.0288. The van der Waals surface area contributed by atoms with E-state index in [1.54, 1.807) is 7.11 Å². The van der Waals surface area contributed by atoms with Crippen LogP contribution in [0.4, 0.5) is 0 Å². The molecule has 1 N–H and O–H groups in total. The van der Waals surface area contributed by atoms with Gasteiger partial charge in [-0.1, -0.05) is 19.1 Å². The van der Waals surface area contributed by atoms with Gasteiger partial charge in [-0.25, -0.2) is 0 Å². The first-order chi connectivity index (χ1) is 8.26. The van der Waals surface area contributed by atoms with Gasteiger partial charge in [-0.3, -0.25) is 0 Å². The summed E-state index contributed by atoms with van der Waals surface area (Å²) in [5.74, 6) is 1.46. The molecule has 1 saturated heterocycles. The molecule has 2 rings (SSSR count). The van der Waals surface area contributed by atoms with E-state index >= 15 is 0 Å². The number of rotatable bonds is 5. The third kappa shape index (κ3) is 2.53. The summed E-state index contributed by atoms with van der Waals surface area (Å²) in [6.45, 7) is 3.28. The highest BCUT2D eigenvalue weighted by Crippen LogP contribution is 2.36. The highest BCUT2D eigenvalue weighted by molar-refractivity contribution is 5.48. The number of aliphatic hydroxyl groups is 1. The van der Waals surface area contributed by atoms with Crippen molar-refractivity contribution in [2.75, 3.05) is 26.9 Å². The van der Waals surface area contributed by atoms with Gasteiger partial charge in [0, 0.05) is 18.1 Å². The number of ether oxygens (including phenoxy) is 3. The van der Waals surface area contributed by atoms with Crippen LogP contribution in [0.2, 0.25) is 0 Å². The van der Waals surface area contributed by atoms with E-state index in [1.807, 2.05) is 25.1 Å². The summed E-state index contributed by atoms with van der Waals surface area (Å²) in [5, 5.41) is 9.26. The van der Waals surface area contributed by atoms with Gasteiger partial charge < -0.3 is 19.3 Å². The lowest BCUT2D eigenvalue weighted by molar-refractivity contribution is -0.0808. The molecule has 0 spiro atoms. The third-order valence-electron chi connectivity index (χ3n) is 2.93. The van der Waals surface area contributed by atoms with E-state index < -0.39 is 0 Å². The van der Waals surface area contributed by atoms with Crippen molar-refractivity contribution < 1.29 is 19.3 Å². The van der Waals surface area contributed by atoms with E-state index in [4.69, 9.17) is 14.2 Å². The number of aliphatic hydroxyl groups excluding tert-OH is 1. The monoisotopic (exact) mass is 238 g/mol. The molecule has 1 aromatic rings. The van der Waals surface area contributed by atoms with E-state index in [0.717, 1.165) is 11.3 Å². The highest BCUT2D eigenvalue weighted by Gasteiger charge is 2.24. The number of hydrogen-bond acceptors (Lipinski definition) is 4. The Labute approximate surface area is 101 Å². The van der Waals surface area contributed by atoms with Crippen LogP contribution in [-0.2, 0) is 4.74 Å². The van der Waals surface area contributed by atoms with E-state index in [-0.39, 0.29) is 18.6 Å². The number of hydrogen-bond donors (Lipinski definition) is 1. The topological polar surface area (TPSA) is 47.9 Å². The molecule has 1 aliphatic heterocycles. The van der Waals surface area contributed by atoms with Crippen LogP contribution in [0.25, 0.3) is 0 Å². The van der Waals surface area contributed by atoms with Gasteiger partial charge in [-0.15, -0.1) is 0 Å². The van der Waals surface area contributed by atoms with Gasteiger partial charge in [0.1, 0.15) is 6.10 Å². The van der Waals surface area contributed by atoms with Crippen LogP contribution in [0.5, 0.6) is 11.5 Å². The molecule has 1 unspecified atom stereocenters. The lowest BCUT2D eigenvalue weighted by Crippen LogP contribution is -2.38. The van der Waals surface area contributed by atoms with Crippen molar-refractivity contribution in [2.45, 2.75) is 18.9 Å². The molecule has 0 radical (unpaired) electrons. The van der Waals surface area contributed by atoms with Gasteiger partial charge in [0.15, 0.2) is 11.5 Å². The Kier molecular flexibility index (Phi) is 3.86. The first-order valence-corrected chi connectivity index (χ1v) is 5.78. The summed E-state index contributed by atoms with van der Waals surface area (Å²) in [6.07, 6.45) is 0.0935. The number of benzene rings is 1. The fraction of sp³-hybridized carbons (Fsp3) is 0.538. The minimum Gasteiger partial charge on any atom is -0.493 e. The first-order valence-electron chi connectivity index (χ1n) is 5.78. The van der Waals surface area contributed by atoms with Crippen molar-refractivity contribution in [3.05, 3.63) is 23.8 Å². The molecule has 1 aromatic carbocycles. The summed E-state index contributed by atoms with van der Waals surface area (Å²) in [7, 11) is 1.62. The number of methoxy groups -OCH3 is 1. The molecule has 4 nitrogen and oxygen atoms in total. The maximum absolute atomic E-state index is 9.26. The predicted molar refractivity (Wildman–Crippen MR) is 63.7 cm³/mol. The molecule has 1 atom stereocenters. The Hall–Kier alpha value is -1.26. The van der Waals surface area contributed by atoms with Crippen molar-refractivity contribution in [3.8, 4) is 11.5 Å². The zero-order valence-electron chi connectivity index (χ0n) is 10.2. The van der Waals surface area contributed by atoms with Crippen LogP contribution in [-0.4, -0.2) is 38.1 Å². The predicted octanol–water partition coefficient (Wildman–Crippen LogP) is 1.57. The first kappa shape index (κ1) is 12.2. The zero-order valence-corrected chi connectivity index (χ0v) is 10.2. The summed E-state index contributed by atoms with van der Waals surface area (Å²) < 4.78 is 16.3. The van der Waals surface area contributed by atoms with Crippen molar-refractivity contribution >= 4 is 0 Å². The van der Waals surface area contributed by atoms with Crippen LogP contribution in [0, 0.1) is 0 Å². The molecule has 94 valence electrons. The van der Waals surface area contributed by atoms with Crippen molar-refractivity contribution in [1.29, 1.82) is 0 Å². The SMILES string of the molecule is COc1cccc(C(C)CO)c1OC1COC1. The van der Waals surface area contributed by atoms with Gasteiger partial charge in [-0.2, -0.15) is 0 Å². The second-order valence-corrected chi connectivity index (χ2v) is 4.24. The molecular weight excluding hydrogens is 220 g/mol. The fourth-order valence-electron chi connectivity index (χ4n) is 1.75. The Bertz CT molecular complexity index is 374. The highest BCUT2D eigenvalue weighted by atomic mass is 16.6. The van der Waals surface area contributed by atoms with Crippen molar-refractivity contribution in [2.24, 2.45) is 0 Å². The third-order valence-corrected chi connectivity index (χ3v) is 2.93. The van der Waals surface area contributed by atoms with Gasteiger partial charge in [0.05, 0.1) is 20.3 Å². The van der Waals surface area contributed by atoms with E-state index in [0.29, 0.717) is 19.0 Å². The van der Waals surface area contributed by atoms with E-state index in [9.17, 15) is 5.11 Å². The van der Waals surface area contributed by atoms with Gasteiger partial charge in [0.25, 0.3) is 0 Å². The lowest BCUT2D eigenvalue weighted by atomic mass is 10.0. The number of para-hydroxylation sites is 1. The molecule has 1 aliphatic rings. The molecule has 0 saturated carbocycles. The van der Waals surface area contributed by atoms with Crippen LogP contribution >= 0.6 is 0 Å². The van der Waals surface area contributed by atoms with E-state index in [1.165, 1.54) is 0 Å². The lowest BCUT2D eigenvalue weighted by Gasteiger charge is -2.29. The fourth-order valence-corrected chi connectivity index (χ4v) is 1.75. The second-order valence-electron chi connectivity index (χ2n) is 4.24. The normalized spacial score (nSPS) is 17.4. The molecule has 4 heteroatoms. The average molecular weight is 238 g/mol. The summed E-state index contributed by atoms with van der Waals surface area (Å²) in [5.41, 5.74) is 0.971. The maximum atomic E-state index is 9.26. The molecule has 1 fully saturated rings. The van der Waals surface area contributed by atoms with Crippen LogP contribution in [0.3, 0.4) is 0 Å². The molecule has 0 amide bonds. The van der Waals surface area contributed by atoms with Crippen molar-refractivity contribution in [1.82, 2.24) is 0 Å². The molecule has 17 heavy (non-hydrogen) atoms. The Morgan fingerprint density at radius 1 is 1.47 bits per heavy atom. The zero-order chi connectivity index (χ0) is 12.3. The second kappa shape index (κ2) is 5.38. The average Bonchev–Trinajstić information content (AvgIpc) is 2.32. The standard InChI is InChI=1S/C13H18O4/c1-9(6-14)11-4-3-5-12(15-2)13(11)17-10-7-16-8-10/h3-5,9-10,14H,6-8H2,1-2H3. The largest absolute Gasteiger partial charge is 0.493 e. The quantitative estimate of drug-likeness (QED) is 0.846. The molecule has 0 bridgehead atoms. The maximum Gasteiger partial charge on any atom is 0.165 e. The molecular formula is C13H18O4. The van der Waals surface area contributed by atoms with Gasteiger partial charge >= 0.3 is 0 Å². The molecule has 0 aromatic heterocycles. The molecule has 1 heterocycles. The Morgan fingerprint density at radius 2 is 2.24 bits per heavy atom.